The van der Waals surface area contributed by atoms with Gasteiger partial charge < -0.3 is 0 Å². The molecule has 20 heavy (non-hydrogen) atoms. The predicted molar refractivity (Wildman–Crippen MR) is 86.8 cm³/mol. The van der Waals surface area contributed by atoms with E-state index in [0.29, 0.717) is 17.8 Å². The minimum absolute atomic E-state index is 0.435. The summed E-state index contributed by atoms with van der Waals surface area (Å²) in [5, 5.41) is 0. The van der Waals surface area contributed by atoms with Crippen LogP contribution >= 0.6 is 0 Å². The van der Waals surface area contributed by atoms with Crippen LogP contribution in [0.3, 0.4) is 0 Å². The molecule has 1 radical (unpaired) electrons. The molecule has 0 saturated carbocycles. The Hall–Kier alpha value is -1.56. The Morgan fingerprint density at radius 2 is 1.60 bits per heavy atom. The van der Waals surface area contributed by atoms with Crippen LogP contribution in [0.4, 0.5) is 0 Å². The third-order valence-electron chi connectivity index (χ3n) is 4.58. The van der Waals surface area contributed by atoms with Crippen LogP contribution < -0.4 is 0 Å². The zero-order valence-corrected chi connectivity index (χ0v) is 12.7. The molecular weight excluding hydrogens is 240 g/mol. The molecule has 0 spiro atoms. The Labute approximate surface area is 122 Å². The first-order chi connectivity index (χ1) is 9.59. The molecule has 0 heterocycles. The fraction of sp³-hybridized carbons (Fsp3) is 0.350. The van der Waals surface area contributed by atoms with Crippen molar-refractivity contribution >= 4 is 0 Å². The maximum Gasteiger partial charge on any atom is -0.00106 e. The average Bonchev–Trinajstić information content (AvgIpc) is 2.78. The van der Waals surface area contributed by atoms with E-state index < -0.39 is 0 Å². The molecule has 0 aromatic heterocycles. The van der Waals surface area contributed by atoms with Gasteiger partial charge in [0, 0.05) is 0 Å². The second-order valence-corrected chi connectivity index (χ2v) is 6.45. The van der Waals surface area contributed by atoms with Gasteiger partial charge in [-0.15, -0.1) is 0 Å². The second-order valence-electron chi connectivity index (χ2n) is 6.45. The standard InChI is InChI=1S/C20H23/c1-13(2)20(14(3)4)18-11-7-10-17-16-9-6-5-8-15(16)12-19(17)18/h5-11,13-14,20H,1,12H2,2-4H3. The Morgan fingerprint density at radius 1 is 0.900 bits per heavy atom. The number of rotatable bonds is 3. The summed E-state index contributed by atoms with van der Waals surface area (Å²) in [6, 6.07) is 15.6. The van der Waals surface area contributed by atoms with Crippen molar-refractivity contribution in [3.8, 4) is 11.1 Å². The van der Waals surface area contributed by atoms with Gasteiger partial charge in [0.05, 0.1) is 0 Å². The Bertz CT molecular complexity index is 612. The van der Waals surface area contributed by atoms with Gasteiger partial charge in [0.25, 0.3) is 0 Å². The van der Waals surface area contributed by atoms with Gasteiger partial charge >= 0.3 is 0 Å². The number of hydrogen-bond acceptors (Lipinski definition) is 0. The molecule has 103 valence electrons. The van der Waals surface area contributed by atoms with Gasteiger partial charge in [-0.25, -0.2) is 0 Å². The van der Waals surface area contributed by atoms with Crippen molar-refractivity contribution in [1.29, 1.82) is 0 Å². The summed E-state index contributed by atoms with van der Waals surface area (Å²) in [7, 11) is 0. The van der Waals surface area contributed by atoms with Gasteiger partial charge in [0.15, 0.2) is 0 Å². The predicted octanol–water partition coefficient (Wildman–Crippen LogP) is 5.47. The van der Waals surface area contributed by atoms with Crippen LogP contribution in [0, 0.1) is 18.8 Å². The Morgan fingerprint density at radius 3 is 2.30 bits per heavy atom. The summed E-state index contributed by atoms with van der Waals surface area (Å²) in [5.74, 6) is 1.60. The highest BCUT2D eigenvalue weighted by atomic mass is 14.3. The first-order valence-corrected chi connectivity index (χ1v) is 7.62. The highest BCUT2D eigenvalue weighted by Crippen LogP contribution is 2.43. The first kappa shape index (κ1) is 13.4. The molecule has 2 atom stereocenters. The van der Waals surface area contributed by atoms with Gasteiger partial charge in [0.1, 0.15) is 0 Å². The molecule has 0 nitrogen and oxygen atoms in total. The topological polar surface area (TPSA) is 0 Å². The van der Waals surface area contributed by atoms with Crippen LogP contribution in [0.25, 0.3) is 11.1 Å². The van der Waals surface area contributed by atoms with Gasteiger partial charge in [-0.1, -0.05) is 63.2 Å². The quantitative estimate of drug-likeness (QED) is 0.588. The van der Waals surface area contributed by atoms with Gasteiger partial charge in [0.2, 0.25) is 0 Å². The molecular formula is C20H23. The zero-order chi connectivity index (χ0) is 14.3. The SMILES string of the molecule is [CH2]C(C)C(c1cccc2c1Cc1ccccc1-2)C(C)C. The van der Waals surface area contributed by atoms with Gasteiger partial charge in [-0.2, -0.15) is 0 Å². The molecule has 1 aliphatic rings. The lowest BCUT2D eigenvalue weighted by Crippen LogP contribution is -2.15. The molecule has 1 aliphatic carbocycles. The fourth-order valence-electron chi connectivity index (χ4n) is 3.82. The van der Waals surface area contributed by atoms with Crippen LogP contribution in [-0.2, 0) is 6.42 Å². The number of hydrogen-bond donors (Lipinski definition) is 0. The minimum Gasteiger partial charge on any atom is -0.0622 e. The highest BCUT2D eigenvalue weighted by Gasteiger charge is 2.27. The maximum absolute atomic E-state index is 4.31. The van der Waals surface area contributed by atoms with Crippen molar-refractivity contribution in [2.45, 2.75) is 33.1 Å². The second kappa shape index (κ2) is 5.09. The molecule has 0 bridgehead atoms. The molecule has 0 amide bonds. The summed E-state index contributed by atoms with van der Waals surface area (Å²) in [4.78, 5) is 0. The van der Waals surface area contributed by atoms with Crippen LogP contribution in [0.1, 0.15) is 43.4 Å². The summed E-state index contributed by atoms with van der Waals surface area (Å²) in [6.07, 6.45) is 1.08. The minimum atomic E-state index is 0.435. The lowest BCUT2D eigenvalue weighted by Gasteiger charge is -2.27. The summed E-state index contributed by atoms with van der Waals surface area (Å²) >= 11 is 0. The van der Waals surface area contributed by atoms with Crippen LogP contribution in [0.15, 0.2) is 42.5 Å². The van der Waals surface area contributed by atoms with Crippen LogP contribution in [0.5, 0.6) is 0 Å². The monoisotopic (exact) mass is 263 g/mol. The average molecular weight is 263 g/mol. The molecule has 2 aromatic rings. The summed E-state index contributed by atoms with van der Waals surface area (Å²) < 4.78 is 0. The molecule has 0 saturated heterocycles. The normalized spacial score (nSPS) is 13.2. The summed E-state index contributed by atoms with van der Waals surface area (Å²) in [6.45, 7) is 11.2. The van der Waals surface area contributed by atoms with Crippen molar-refractivity contribution in [3.63, 3.8) is 0 Å². The molecule has 2 unspecified atom stereocenters. The van der Waals surface area contributed by atoms with Crippen LogP contribution in [0.2, 0.25) is 0 Å². The van der Waals surface area contributed by atoms with E-state index in [0.717, 1.165) is 6.42 Å². The van der Waals surface area contributed by atoms with Crippen LogP contribution in [-0.4, -0.2) is 0 Å². The zero-order valence-electron chi connectivity index (χ0n) is 12.7. The van der Waals surface area contributed by atoms with Gasteiger partial charge in [-0.3, -0.25) is 0 Å². The Kier molecular flexibility index (Phi) is 3.41. The van der Waals surface area contributed by atoms with Crippen molar-refractivity contribution in [2.24, 2.45) is 11.8 Å². The third-order valence-corrected chi connectivity index (χ3v) is 4.58. The van der Waals surface area contributed by atoms with Crippen molar-refractivity contribution in [3.05, 3.63) is 66.1 Å². The third kappa shape index (κ3) is 2.08. The Balaban J connectivity index is 2.13. The van der Waals surface area contributed by atoms with E-state index in [9.17, 15) is 0 Å². The van der Waals surface area contributed by atoms with E-state index in [4.69, 9.17) is 0 Å². The van der Waals surface area contributed by atoms with E-state index in [1.165, 1.54) is 27.8 Å². The molecule has 0 heteroatoms. The fourth-order valence-corrected chi connectivity index (χ4v) is 3.82. The van der Waals surface area contributed by atoms with Crippen molar-refractivity contribution < 1.29 is 0 Å². The van der Waals surface area contributed by atoms with Crippen molar-refractivity contribution in [2.75, 3.05) is 0 Å². The first-order valence-electron chi connectivity index (χ1n) is 7.62. The van der Waals surface area contributed by atoms with E-state index in [1.54, 1.807) is 0 Å². The lowest BCUT2D eigenvalue weighted by atomic mass is 9.77. The molecule has 0 N–H and O–H groups in total. The van der Waals surface area contributed by atoms with E-state index >= 15 is 0 Å². The van der Waals surface area contributed by atoms with E-state index in [2.05, 4.69) is 70.2 Å². The lowest BCUT2D eigenvalue weighted by molar-refractivity contribution is 0.413. The van der Waals surface area contributed by atoms with E-state index in [1.807, 2.05) is 0 Å². The number of benzene rings is 2. The molecule has 0 fully saturated rings. The van der Waals surface area contributed by atoms with Crippen molar-refractivity contribution in [1.82, 2.24) is 0 Å². The molecule has 3 rings (SSSR count). The molecule has 0 aliphatic heterocycles. The largest absolute Gasteiger partial charge is 0.0622 e. The van der Waals surface area contributed by atoms with E-state index in [-0.39, 0.29) is 0 Å². The number of fused-ring (bicyclic) bond motifs is 3. The molecule has 2 aromatic carbocycles. The smallest absolute Gasteiger partial charge is 0.00106 e. The summed E-state index contributed by atoms with van der Waals surface area (Å²) in [5.41, 5.74) is 7.36. The highest BCUT2D eigenvalue weighted by molar-refractivity contribution is 5.78. The maximum atomic E-state index is 4.31. The van der Waals surface area contributed by atoms with Gasteiger partial charge in [-0.05, 0) is 58.9 Å².